The summed E-state index contributed by atoms with van der Waals surface area (Å²) in [5.41, 5.74) is 6.54. The molecule has 5 rings (SSSR count). The van der Waals surface area contributed by atoms with Gasteiger partial charge >= 0.3 is 0 Å². The van der Waals surface area contributed by atoms with Crippen molar-refractivity contribution in [1.82, 2.24) is 19.9 Å². The highest BCUT2D eigenvalue weighted by atomic mass is 16.3. The molecule has 0 amide bonds. The maximum Gasteiger partial charge on any atom is 0.168 e. The van der Waals surface area contributed by atoms with E-state index < -0.39 is 5.60 Å². The number of aromatic nitrogens is 3. The summed E-state index contributed by atoms with van der Waals surface area (Å²) in [6, 6.07) is 17.5. The van der Waals surface area contributed by atoms with Gasteiger partial charge in [0.25, 0.3) is 0 Å². The highest BCUT2D eigenvalue weighted by Gasteiger charge is 2.18. The number of ketones is 1. The zero-order valence-corrected chi connectivity index (χ0v) is 18.3. The third-order valence-corrected chi connectivity index (χ3v) is 6.06. The van der Waals surface area contributed by atoms with Crippen LogP contribution in [0.3, 0.4) is 0 Å². The monoisotopic (exact) mass is 426 g/mol. The minimum absolute atomic E-state index is 0.00995. The minimum Gasteiger partial charge on any atom is -0.386 e. The second kappa shape index (κ2) is 7.97. The van der Waals surface area contributed by atoms with Gasteiger partial charge in [-0.25, -0.2) is 9.50 Å². The smallest absolute Gasteiger partial charge is 0.168 e. The normalized spacial score (nSPS) is 13.8. The van der Waals surface area contributed by atoms with E-state index in [4.69, 9.17) is 0 Å². The van der Waals surface area contributed by atoms with E-state index in [1.165, 1.54) is 11.1 Å². The van der Waals surface area contributed by atoms with Crippen LogP contribution in [0, 0.1) is 0 Å². The minimum atomic E-state index is -0.935. The Bertz CT molecular complexity index is 1300. The summed E-state index contributed by atoms with van der Waals surface area (Å²) in [6.07, 6.45) is 2.96. The molecule has 32 heavy (non-hydrogen) atoms. The van der Waals surface area contributed by atoms with Gasteiger partial charge in [0.05, 0.1) is 29.6 Å². The first-order valence-corrected chi connectivity index (χ1v) is 10.9. The molecule has 0 fully saturated rings. The lowest BCUT2D eigenvalue weighted by Crippen LogP contribution is -2.23. The maximum absolute atomic E-state index is 13.0. The van der Waals surface area contributed by atoms with Crippen LogP contribution in [0.5, 0.6) is 0 Å². The van der Waals surface area contributed by atoms with Crippen molar-refractivity contribution in [2.24, 2.45) is 0 Å². The lowest BCUT2D eigenvalue weighted by atomic mass is 9.95. The molecular formula is C26H26N4O2. The Hall–Kier alpha value is -3.35. The van der Waals surface area contributed by atoms with E-state index in [1.54, 1.807) is 44.3 Å². The molecule has 6 nitrogen and oxygen atoms in total. The number of benzene rings is 2. The molecule has 2 N–H and O–H groups in total. The second-order valence-corrected chi connectivity index (χ2v) is 8.88. The highest BCUT2D eigenvalue weighted by Crippen LogP contribution is 2.26. The number of nitrogens with zero attached hydrogens (tertiary/aromatic N) is 3. The van der Waals surface area contributed by atoms with Crippen LogP contribution >= 0.6 is 0 Å². The number of hydrogen-bond donors (Lipinski definition) is 2. The van der Waals surface area contributed by atoms with E-state index >= 15 is 0 Å². The van der Waals surface area contributed by atoms with Crippen LogP contribution in [-0.2, 0) is 25.0 Å². The van der Waals surface area contributed by atoms with E-state index in [0.717, 1.165) is 42.0 Å². The first kappa shape index (κ1) is 20.5. The van der Waals surface area contributed by atoms with Crippen molar-refractivity contribution in [1.29, 1.82) is 0 Å². The SMILES string of the molecule is CC(C)(O)c1ccc(C(=O)Cc2cc(-c3ccc4c(c3)CNCC4)n3nccc3n2)cc1. The summed E-state index contributed by atoms with van der Waals surface area (Å²) in [5.74, 6) is -0.00995. The van der Waals surface area contributed by atoms with Crippen molar-refractivity contribution < 1.29 is 9.90 Å². The lowest BCUT2D eigenvalue weighted by molar-refractivity contribution is 0.0784. The molecule has 2 aromatic carbocycles. The predicted octanol–water partition coefficient (Wildman–Crippen LogP) is 3.69. The average molecular weight is 427 g/mol. The Morgan fingerprint density at radius 3 is 2.69 bits per heavy atom. The summed E-state index contributed by atoms with van der Waals surface area (Å²) in [7, 11) is 0. The predicted molar refractivity (Wildman–Crippen MR) is 124 cm³/mol. The summed E-state index contributed by atoms with van der Waals surface area (Å²) in [4.78, 5) is 17.6. The first-order chi connectivity index (χ1) is 15.4. The Labute approximate surface area is 186 Å². The quantitative estimate of drug-likeness (QED) is 0.476. The van der Waals surface area contributed by atoms with Crippen molar-refractivity contribution in [3.63, 3.8) is 0 Å². The van der Waals surface area contributed by atoms with Crippen LogP contribution in [0.1, 0.15) is 46.6 Å². The van der Waals surface area contributed by atoms with Crippen molar-refractivity contribution >= 4 is 11.4 Å². The molecule has 162 valence electrons. The molecule has 0 saturated carbocycles. The van der Waals surface area contributed by atoms with Gasteiger partial charge in [-0.1, -0.05) is 36.4 Å². The van der Waals surface area contributed by atoms with Crippen molar-refractivity contribution in [2.45, 2.75) is 38.8 Å². The number of Topliss-reactive ketones (excluding diaryl/α,β-unsaturated/α-hetero) is 1. The fraction of sp³-hybridized carbons (Fsp3) is 0.269. The number of rotatable bonds is 5. The van der Waals surface area contributed by atoms with Crippen LogP contribution < -0.4 is 5.32 Å². The topological polar surface area (TPSA) is 79.5 Å². The number of aliphatic hydroxyl groups is 1. The maximum atomic E-state index is 13.0. The van der Waals surface area contributed by atoms with Gasteiger partial charge in [0.2, 0.25) is 0 Å². The van der Waals surface area contributed by atoms with Gasteiger partial charge in [-0.15, -0.1) is 0 Å². The van der Waals surface area contributed by atoms with Crippen LogP contribution in [0.15, 0.2) is 60.8 Å². The third kappa shape index (κ3) is 3.95. The zero-order valence-electron chi connectivity index (χ0n) is 18.3. The van der Waals surface area contributed by atoms with Gasteiger partial charge in [0, 0.05) is 23.7 Å². The summed E-state index contributed by atoms with van der Waals surface area (Å²) in [5, 5.41) is 18.0. The van der Waals surface area contributed by atoms with Gasteiger partial charge in [0.1, 0.15) is 0 Å². The van der Waals surface area contributed by atoms with E-state index in [0.29, 0.717) is 11.3 Å². The van der Waals surface area contributed by atoms with Gasteiger partial charge < -0.3 is 10.4 Å². The molecule has 0 atom stereocenters. The van der Waals surface area contributed by atoms with Gasteiger partial charge in [-0.3, -0.25) is 4.79 Å². The molecule has 6 heteroatoms. The standard InChI is InChI=1S/C26H26N4O2/c1-26(2,32)21-7-5-18(6-8-21)24(31)15-22-14-23(30-25(29-22)10-12-28-30)19-4-3-17-9-11-27-16-20(17)13-19/h3-8,10,12-14,27,32H,9,11,15-16H2,1-2H3. The van der Waals surface area contributed by atoms with Crippen molar-refractivity contribution in [3.8, 4) is 11.3 Å². The average Bonchev–Trinajstić information content (AvgIpc) is 3.26. The first-order valence-electron chi connectivity index (χ1n) is 10.9. The molecule has 1 aliphatic rings. The van der Waals surface area contributed by atoms with Gasteiger partial charge in [-0.05, 0) is 55.6 Å². The third-order valence-electron chi connectivity index (χ3n) is 6.06. The number of fused-ring (bicyclic) bond motifs is 2. The molecular weight excluding hydrogens is 400 g/mol. The van der Waals surface area contributed by atoms with E-state index in [-0.39, 0.29) is 12.2 Å². The number of nitrogens with one attached hydrogen (secondary N) is 1. The zero-order chi connectivity index (χ0) is 22.3. The highest BCUT2D eigenvalue weighted by molar-refractivity contribution is 5.97. The number of hydrogen-bond acceptors (Lipinski definition) is 5. The van der Waals surface area contributed by atoms with Crippen molar-refractivity contribution in [2.75, 3.05) is 6.54 Å². The molecule has 0 spiro atoms. The van der Waals surface area contributed by atoms with Crippen LogP contribution in [0.4, 0.5) is 0 Å². The fourth-order valence-electron chi connectivity index (χ4n) is 4.23. The molecule has 0 unspecified atom stereocenters. The largest absolute Gasteiger partial charge is 0.386 e. The molecule has 0 aliphatic carbocycles. The summed E-state index contributed by atoms with van der Waals surface area (Å²) < 4.78 is 1.82. The summed E-state index contributed by atoms with van der Waals surface area (Å²) >= 11 is 0. The van der Waals surface area contributed by atoms with E-state index in [1.807, 2.05) is 16.6 Å². The van der Waals surface area contributed by atoms with Gasteiger partial charge in [-0.2, -0.15) is 5.10 Å². The van der Waals surface area contributed by atoms with Crippen molar-refractivity contribution in [3.05, 3.63) is 88.7 Å². The van der Waals surface area contributed by atoms with E-state index in [9.17, 15) is 9.90 Å². The summed E-state index contributed by atoms with van der Waals surface area (Å²) in [6.45, 7) is 5.33. The molecule has 3 heterocycles. The van der Waals surface area contributed by atoms with Crippen LogP contribution in [0.2, 0.25) is 0 Å². The Morgan fingerprint density at radius 2 is 1.91 bits per heavy atom. The number of carbonyl (C=O) groups is 1. The number of carbonyl (C=O) groups excluding carboxylic acids is 1. The Balaban J connectivity index is 1.47. The second-order valence-electron chi connectivity index (χ2n) is 8.88. The molecule has 4 aromatic rings. The van der Waals surface area contributed by atoms with Gasteiger partial charge in [0.15, 0.2) is 11.4 Å². The molecule has 0 saturated heterocycles. The lowest BCUT2D eigenvalue weighted by Gasteiger charge is -2.18. The molecule has 2 aromatic heterocycles. The Morgan fingerprint density at radius 1 is 1.09 bits per heavy atom. The molecule has 0 bridgehead atoms. The molecule has 0 radical (unpaired) electrons. The fourth-order valence-corrected chi connectivity index (χ4v) is 4.23. The molecule has 1 aliphatic heterocycles. The van der Waals surface area contributed by atoms with Crippen LogP contribution in [-0.4, -0.2) is 32.0 Å². The van der Waals surface area contributed by atoms with E-state index in [2.05, 4.69) is 33.6 Å². The Kier molecular flexibility index (Phi) is 5.12. The van der Waals surface area contributed by atoms with Crippen LogP contribution in [0.25, 0.3) is 16.9 Å².